The van der Waals surface area contributed by atoms with Gasteiger partial charge >= 0.3 is 6.03 Å². The highest BCUT2D eigenvalue weighted by Crippen LogP contribution is 2.15. The van der Waals surface area contributed by atoms with Gasteiger partial charge in [0.1, 0.15) is 0 Å². The Morgan fingerprint density at radius 2 is 2.12 bits per heavy atom. The predicted molar refractivity (Wildman–Crippen MR) is 68.8 cm³/mol. The van der Waals surface area contributed by atoms with Gasteiger partial charge in [-0.05, 0) is 18.6 Å². The molecule has 2 amide bonds. The van der Waals surface area contributed by atoms with Gasteiger partial charge in [-0.15, -0.1) is 0 Å². The molecule has 0 aliphatic carbocycles. The molecular weight excluding hydrogens is 214 g/mol. The molecule has 1 aliphatic heterocycles. The highest BCUT2D eigenvalue weighted by atomic mass is 16.2. The van der Waals surface area contributed by atoms with E-state index in [1.54, 1.807) is 0 Å². The SMILES string of the molecule is CCCC[C@@H]1CN(c2ccccc2)NC(=O)N1. The van der Waals surface area contributed by atoms with Crippen LogP contribution in [0.5, 0.6) is 0 Å². The molecule has 2 N–H and O–H groups in total. The summed E-state index contributed by atoms with van der Waals surface area (Å²) in [6, 6.07) is 10.1. The van der Waals surface area contributed by atoms with E-state index >= 15 is 0 Å². The molecule has 1 aromatic rings. The minimum atomic E-state index is -0.110. The van der Waals surface area contributed by atoms with Gasteiger partial charge in [0.25, 0.3) is 0 Å². The number of hydrogen-bond acceptors (Lipinski definition) is 2. The number of hydrogen-bond donors (Lipinski definition) is 2. The first-order valence-electron chi connectivity index (χ1n) is 6.19. The van der Waals surface area contributed by atoms with Crippen LogP contribution in [0.25, 0.3) is 0 Å². The molecule has 17 heavy (non-hydrogen) atoms. The lowest BCUT2D eigenvalue weighted by atomic mass is 10.1. The molecule has 1 aromatic carbocycles. The van der Waals surface area contributed by atoms with Gasteiger partial charge in [-0.1, -0.05) is 38.0 Å². The number of anilines is 1. The van der Waals surface area contributed by atoms with E-state index < -0.39 is 0 Å². The van der Waals surface area contributed by atoms with Gasteiger partial charge in [-0.2, -0.15) is 0 Å². The van der Waals surface area contributed by atoms with Crippen LogP contribution in [0.3, 0.4) is 0 Å². The predicted octanol–water partition coefficient (Wildman–Crippen LogP) is 2.28. The zero-order valence-corrected chi connectivity index (χ0v) is 10.1. The summed E-state index contributed by atoms with van der Waals surface area (Å²) < 4.78 is 0. The van der Waals surface area contributed by atoms with Crippen molar-refractivity contribution in [1.29, 1.82) is 0 Å². The Morgan fingerprint density at radius 1 is 1.35 bits per heavy atom. The fraction of sp³-hybridized carbons (Fsp3) is 0.462. The number of para-hydroxylation sites is 1. The smallest absolute Gasteiger partial charge is 0.332 e. The molecule has 1 saturated heterocycles. The molecule has 0 unspecified atom stereocenters. The molecule has 0 radical (unpaired) electrons. The topological polar surface area (TPSA) is 44.4 Å². The van der Waals surface area contributed by atoms with E-state index in [0.29, 0.717) is 0 Å². The van der Waals surface area contributed by atoms with Gasteiger partial charge in [-0.25, -0.2) is 10.2 Å². The van der Waals surface area contributed by atoms with E-state index in [4.69, 9.17) is 0 Å². The lowest BCUT2D eigenvalue weighted by Crippen LogP contribution is -2.60. The fourth-order valence-corrected chi connectivity index (χ4v) is 2.04. The summed E-state index contributed by atoms with van der Waals surface area (Å²) in [7, 11) is 0. The molecule has 1 aliphatic rings. The third kappa shape index (κ3) is 3.12. The maximum Gasteiger partial charge on any atom is 0.333 e. The second-order valence-corrected chi connectivity index (χ2v) is 4.37. The van der Waals surface area contributed by atoms with Crippen molar-refractivity contribution in [2.75, 3.05) is 11.6 Å². The van der Waals surface area contributed by atoms with Crippen molar-refractivity contribution in [2.45, 2.75) is 32.2 Å². The monoisotopic (exact) mass is 233 g/mol. The van der Waals surface area contributed by atoms with E-state index in [0.717, 1.165) is 31.5 Å². The quantitative estimate of drug-likeness (QED) is 0.838. The summed E-state index contributed by atoms with van der Waals surface area (Å²) >= 11 is 0. The molecule has 0 aromatic heterocycles. The molecule has 0 spiro atoms. The van der Waals surface area contributed by atoms with Crippen LogP contribution in [0.1, 0.15) is 26.2 Å². The number of rotatable bonds is 4. The van der Waals surface area contributed by atoms with Crippen LogP contribution in [0.4, 0.5) is 10.5 Å². The molecule has 4 nitrogen and oxygen atoms in total. The third-order valence-electron chi connectivity index (χ3n) is 2.95. The molecular formula is C13H19N3O. The highest BCUT2D eigenvalue weighted by molar-refractivity contribution is 5.77. The number of carbonyl (C=O) groups excluding carboxylic acids is 1. The molecule has 0 saturated carbocycles. The Kier molecular flexibility index (Phi) is 3.85. The second-order valence-electron chi connectivity index (χ2n) is 4.37. The van der Waals surface area contributed by atoms with Gasteiger partial charge in [0.05, 0.1) is 18.3 Å². The Morgan fingerprint density at radius 3 is 2.82 bits per heavy atom. The van der Waals surface area contributed by atoms with Crippen LogP contribution < -0.4 is 15.8 Å². The zero-order valence-electron chi connectivity index (χ0n) is 10.1. The van der Waals surface area contributed by atoms with Gasteiger partial charge in [0.2, 0.25) is 0 Å². The Labute approximate surface area is 102 Å². The van der Waals surface area contributed by atoms with E-state index in [-0.39, 0.29) is 12.1 Å². The zero-order chi connectivity index (χ0) is 12.1. The molecule has 1 heterocycles. The van der Waals surface area contributed by atoms with E-state index in [9.17, 15) is 4.79 Å². The number of nitrogens with one attached hydrogen (secondary N) is 2. The molecule has 2 rings (SSSR count). The number of unbranched alkanes of at least 4 members (excludes halogenated alkanes) is 1. The van der Waals surface area contributed by atoms with Crippen molar-refractivity contribution in [3.63, 3.8) is 0 Å². The summed E-state index contributed by atoms with van der Waals surface area (Å²) in [4.78, 5) is 11.6. The van der Waals surface area contributed by atoms with Crippen LogP contribution in [0.2, 0.25) is 0 Å². The second kappa shape index (κ2) is 5.57. The van der Waals surface area contributed by atoms with Crippen LogP contribution in [0, 0.1) is 0 Å². The number of benzene rings is 1. The molecule has 1 fully saturated rings. The van der Waals surface area contributed by atoms with Gasteiger partial charge in [0.15, 0.2) is 0 Å². The Hall–Kier alpha value is -1.71. The lowest BCUT2D eigenvalue weighted by molar-refractivity contribution is 0.227. The first-order valence-corrected chi connectivity index (χ1v) is 6.19. The highest BCUT2D eigenvalue weighted by Gasteiger charge is 2.23. The van der Waals surface area contributed by atoms with Gasteiger partial charge in [-0.3, -0.25) is 5.01 Å². The largest absolute Gasteiger partial charge is 0.333 e. The summed E-state index contributed by atoms with van der Waals surface area (Å²) in [5, 5.41) is 4.88. The van der Waals surface area contributed by atoms with Crippen LogP contribution in [-0.4, -0.2) is 18.6 Å². The number of hydrazine groups is 1. The molecule has 4 heteroatoms. The maximum absolute atomic E-state index is 11.6. The average molecular weight is 233 g/mol. The average Bonchev–Trinajstić information content (AvgIpc) is 2.37. The summed E-state index contributed by atoms with van der Waals surface area (Å²) in [6.45, 7) is 2.98. The normalized spacial score (nSPS) is 19.7. The van der Waals surface area contributed by atoms with Crippen LogP contribution in [0.15, 0.2) is 30.3 Å². The van der Waals surface area contributed by atoms with Crippen molar-refractivity contribution in [1.82, 2.24) is 10.7 Å². The van der Waals surface area contributed by atoms with Gasteiger partial charge < -0.3 is 5.32 Å². The fourth-order valence-electron chi connectivity index (χ4n) is 2.04. The van der Waals surface area contributed by atoms with Crippen molar-refractivity contribution in [2.24, 2.45) is 0 Å². The lowest BCUT2D eigenvalue weighted by Gasteiger charge is -2.35. The first-order chi connectivity index (χ1) is 8.29. The van der Waals surface area contributed by atoms with E-state index in [2.05, 4.69) is 17.7 Å². The third-order valence-corrected chi connectivity index (χ3v) is 2.95. The van der Waals surface area contributed by atoms with Crippen LogP contribution in [-0.2, 0) is 0 Å². The minimum Gasteiger partial charge on any atom is -0.332 e. The number of amides is 2. The van der Waals surface area contributed by atoms with Crippen molar-refractivity contribution >= 4 is 11.7 Å². The maximum atomic E-state index is 11.6. The first kappa shape index (κ1) is 11.8. The summed E-state index contributed by atoms with van der Waals surface area (Å²) in [6.07, 6.45) is 3.34. The van der Waals surface area contributed by atoms with Crippen LogP contribution >= 0.6 is 0 Å². The van der Waals surface area contributed by atoms with E-state index in [1.807, 2.05) is 35.3 Å². The molecule has 1 atom stereocenters. The Balaban J connectivity index is 2.01. The van der Waals surface area contributed by atoms with Crippen molar-refractivity contribution in [3.8, 4) is 0 Å². The van der Waals surface area contributed by atoms with E-state index in [1.165, 1.54) is 0 Å². The summed E-state index contributed by atoms with van der Waals surface area (Å²) in [5.41, 5.74) is 3.85. The number of nitrogens with zero attached hydrogens (tertiary/aromatic N) is 1. The molecule has 92 valence electrons. The number of carbonyl (C=O) groups is 1. The van der Waals surface area contributed by atoms with Gasteiger partial charge in [0, 0.05) is 0 Å². The minimum absolute atomic E-state index is 0.110. The summed E-state index contributed by atoms with van der Waals surface area (Å²) in [5.74, 6) is 0. The molecule has 0 bridgehead atoms. The standard InChI is InChI=1S/C13H19N3O/c1-2-3-7-11-10-16(15-13(17)14-11)12-8-5-4-6-9-12/h4-6,8-9,11H,2-3,7,10H2,1H3,(H2,14,15,17)/t11-/m1/s1. The van der Waals surface area contributed by atoms with Crippen molar-refractivity contribution in [3.05, 3.63) is 30.3 Å². The Bertz CT molecular complexity index is 366. The van der Waals surface area contributed by atoms with Crippen molar-refractivity contribution < 1.29 is 4.79 Å². The number of urea groups is 1.